The van der Waals surface area contributed by atoms with Crippen LogP contribution in [0.25, 0.3) is 11.0 Å². The van der Waals surface area contributed by atoms with Crippen LogP contribution in [-0.2, 0) is 19.5 Å². The lowest BCUT2D eigenvalue weighted by Crippen LogP contribution is -2.39. The number of hydrogen-bond acceptors (Lipinski definition) is 4. The molecule has 8 nitrogen and oxygen atoms in total. The van der Waals surface area contributed by atoms with Crippen molar-refractivity contribution in [2.24, 2.45) is 4.99 Å². The van der Waals surface area contributed by atoms with Crippen molar-refractivity contribution in [1.82, 2.24) is 34.9 Å². The van der Waals surface area contributed by atoms with Gasteiger partial charge < -0.3 is 19.8 Å². The number of guanidine groups is 1. The number of aliphatic imine (C=N–C) groups is 1. The normalized spacial score (nSPS) is 11.4. The maximum atomic E-state index is 4.42. The molecule has 2 aromatic heterocycles. The third-order valence-electron chi connectivity index (χ3n) is 4.28. The van der Waals surface area contributed by atoms with Crippen LogP contribution >= 0.6 is 24.0 Å². The van der Waals surface area contributed by atoms with Gasteiger partial charge in [-0.15, -0.1) is 34.2 Å². The van der Waals surface area contributed by atoms with Crippen LogP contribution in [0, 0.1) is 0 Å². The Morgan fingerprint density at radius 3 is 2.70 bits per heavy atom. The Kier molecular flexibility index (Phi) is 8.49. The monoisotopic (exact) mass is 482 g/mol. The fraction of sp³-hybridized carbons (Fsp3) is 0.444. The van der Waals surface area contributed by atoms with Gasteiger partial charge in [-0.1, -0.05) is 19.1 Å². The minimum Gasteiger partial charge on any atom is -0.356 e. The van der Waals surface area contributed by atoms with Crippen molar-refractivity contribution in [2.75, 3.05) is 20.1 Å². The lowest BCUT2D eigenvalue weighted by Gasteiger charge is -2.13. The highest BCUT2D eigenvalue weighted by Gasteiger charge is 2.03. The van der Waals surface area contributed by atoms with Crippen LogP contribution in [0.5, 0.6) is 0 Å². The Morgan fingerprint density at radius 2 is 1.89 bits per heavy atom. The third-order valence-corrected chi connectivity index (χ3v) is 4.28. The second kappa shape index (κ2) is 10.9. The molecule has 0 saturated carbocycles. The van der Waals surface area contributed by atoms with E-state index >= 15 is 0 Å². The second-order valence-electron chi connectivity index (χ2n) is 6.00. The summed E-state index contributed by atoms with van der Waals surface area (Å²) in [5, 5.41) is 14.7. The number of halogens is 1. The molecule has 2 N–H and O–H groups in total. The van der Waals surface area contributed by atoms with Crippen LogP contribution in [0.2, 0.25) is 0 Å². The van der Waals surface area contributed by atoms with Crippen molar-refractivity contribution in [3.05, 3.63) is 42.7 Å². The Morgan fingerprint density at radius 1 is 1.07 bits per heavy atom. The molecule has 9 heteroatoms. The van der Waals surface area contributed by atoms with E-state index in [0.717, 1.165) is 56.3 Å². The first kappa shape index (κ1) is 21.1. The molecule has 0 aliphatic carbocycles. The zero-order chi connectivity index (χ0) is 18.2. The summed E-state index contributed by atoms with van der Waals surface area (Å²) in [6.07, 6.45) is 5.55. The molecule has 0 unspecified atom stereocenters. The number of hydrogen-bond donors (Lipinski definition) is 2. The number of nitrogens with one attached hydrogen (secondary N) is 2. The van der Waals surface area contributed by atoms with E-state index in [2.05, 4.69) is 52.9 Å². The van der Waals surface area contributed by atoms with Gasteiger partial charge in [-0.05, 0) is 18.6 Å². The van der Waals surface area contributed by atoms with Gasteiger partial charge in [0.05, 0.1) is 17.4 Å². The summed E-state index contributed by atoms with van der Waals surface area (Å²) in [6.45, 7) is 5.44. The maximum Gasteiger partial charge on any atom is 0.191 e. The predicted octanol–water partition coefficient (Wildman–Crippen LogP) is 2.06. The van der Waals surface area contributed by atoms with Gasteiger partial charge in [-0.2, -0.15) is 0 Å². The van der Waals surface area contributed by atoms with E-state index in [1.54, 1.807) is 13.4 Å². The zero-order valence-electron chi connectivity index (χ0n) is 15.8. The first-order chi connectivity index (χ1) is 12.8. The van der Waals surface area contributed by atoms with Crippen molar-refractivity contribution < 1.29 is 0 Å². The molecule has 2 heterocycles. The summed E-state index contributed by atoms with van der Waals surface area (Å²) in [5.41, 5.74) is 2.22. The molecule has 0 bridgehead atoms. The minimum atomic E-state index is 0. The number of aromatic nitrogens is 5. The lowest BCUT2D eigenvalue weighted by atomic mass is 10.3. The van der Waals surface area contributed by atoms with Gasteiger partial charge in [0.2, 0.25) is 0 Å². The van der Waals surface area contributed by atoms with Gasteiger partial charge >= 0.3 is 0 Å². The summed E-state index contributed by atoms with van der Waals surface area (Å²) in [4.78, 5) is 8.69. The molecule has 3 rings (SSSR count). The SMILES string of the molecule is CCc1nncn1CCNC(=NC)NCCCn1cnc2ccccc21.I. The Labute approximate surface area is 176 Å². The Balaban J connectivity index is 0.00000261. The largest absolute Gasteiger partial charge is 0.356 e. The van der Waals surface area contributed by atoms with Gasteiger partial charge in [0.25, 0.3) is 0 Å². The highest BCUT2D eigenvalue weighted by Crippen LogP contribution is 2.11. The second-order valence-corrected chi connectivity index (χ2v) is 6.00. The van der Waals surface area contributed by atoms with Crippen LogP contribution in [0.4, 0.5) is 0 Å². The molecule has 0 radical (unpaired) electrons. The van der Waals surface area contributed by atoms with Gasteiger partial charge in [0.15, 0.2) is 5.96 Å². The number of imidazole rings is 1. The number of nitrogens with zero attached hydrogens (tertiary/aromatic N) is 6. The number of rotatable bonds is 8. The Bertz CT molecular complexity index is 854. The van der Waals surface area contributed by atoms with Gasteiger partial charge in [0, 0.05) is 39.6 Å². The minimum absolute atomic E-state index is 0. The van der Waals surface area contributed by atoms with Gasteiger partial charge in [-0.25, -0.2) is 4.98 Å². The average molecular weight is 482 g/mol. The van der Waals surface area contributed by atoms with E-state index in [0.29, 0.717) is 0 Å². The van der Waals surface area contributed by atoms with Crippen molar-refractivity contribution in [3.63, 3.8) is 0 Å². The van der Waals surface area contributed by atoms with E-state index in [-0.39, 0.29) is 24.0 Å². The lowest BCUT2D eigenvalue weighted by molar-refractivity contribution is 0.617. The molecule has 3 aromatic rings. The van der Waals surface area contributed by atoms with E-state index in [1.165, 1.54) is 5.52 Å². The molecule has 0 fully saturated rings. The number of fused-ring (bicyclic) bond motifs is 1. The topological polar surface area (TPSA) is 85.0 Å². The van der Waals surface area contributed by atoms with E-state index in [9.17, 15) is 0 Å². The van der Waals surface area contributed by atoms with Crippen molar-refractivity contribution >= 4 is 41.0 Å². The molecule has 0 amide bonds. The van der Waals surface area contributed by atoms with E-state index in [1.807, 2.05) is 24.5 Å². The fourth-order valence-electron chi connectivity index (χ4n) is 2.90. The summed E-state index contributed by atoms with van der Waals surface area (Å²) in [7, 11) is 1.79. The van der Waals surface area contributed by atoms with E-state index < -0.39 is 0 Å². The highest BCUT2D eigenvalue weighted by atomic mass is 127. The van der Waals surface area contributed by atoms with Crippen molar-refractivity contribution in [2.45, 2.75) is 32.9 Å². The molecular weight excluding hydrogens is 455 g/mol. The number of para-hydroxylation sites is 2. The molecule has 27 heavy (non-hydrogen) atoms. The average Bonchev–Trinajstić information content (AvgIpc) is 3.30. The van der Waals surface area contributed by atoms with Crippen LogP contribution in [0.3, 0.4) is 0 Å². The van der Waals surface area contributed by atoms with Crippen LogP contribution in [0.1, 0.15) is 19.2 Å². The van der Waals surface area contributed by atoms with Crippen molar-refractivity contribution in [3.8, 4) is 0 Å². The molecule has 0 spiro atoms. The quantitative estimate of drug-likeness (QED) is 0.222. The van der Waals surface area contributed by atoms with Gasteiger partial charge in [-0.3, -0.25) is 4.99 Å². The van der Waals surface area contributed by atoms with Crippen LogP contribution in [0.15, 0.2) is 41.9 Å². The first-order valence-corrected chi connectivity index (χ1v) is 9.03. The van der Waals surface area contributed by atoms with E-state index in [4.69, 9.17) is 0 Å². The molecule has 1 aromatic carbocycles. The molecule has 0 saturated heterocycles. The molecule has 146 valence electrons. The molecule has 0 aliphatic rings. The molecule has 0 atom stereocenters. The van der Waals surface area contributed by atoms with Crippen molar-refractivity contribution in [1.29, 1.82) is 0 Å². The van der Waals surface area contributed by atoms with Crippen LogP contribution in [-0.4, -0.2) is 50.4 Å². The third kappa shape index (κ3) is 5.65. The highest BCUT2D eigenvalue weighted by molar-refractivity contribution is 14.0. The van der Waals surface area contributed by atoms with Crippen LogP contribution < -0.4 is 10.6 Å². The summed E-state index contributed by atoms with van der Waals surface area (Å²) >= 11 is 0. The number of benzene rings is 1. The molecular formula is C18H27IN8. The molecule has 0 aliphatic heterocycles. The van der Waals surface area contributed by atoms with Gasteiger partial charge in [0.1, 0.15) is 12.2 Å². The fourth-order valence-corrected chi connectivity index (χ4v) is 2.90. The zero-order valence-corrected chi connectivity index (χ0v) is 18.1. The number of aryl methyl sites for hydroxylation is 2. The first-order valence-electron chi connectivity index (χ1n) is 9.03. The smallest absolute Gasteiger partial charge is 0.191 e. The summed E-state index contributed by atoms with van der Waals surface area (Å²) in [5.74, 6) is 1.81. The summed E-state index contributed by atoms with van der Waals surface area (Å²) in [6, 6.07) is 8.20. The standard InChI is InChI=1S/C18H26N8.HI/c1-3-17-24-23-14-26(17)12-10-21-18(19-2)20-9-6-11-25-13-22-15-7-4-5-8-16(15)25;/h4-5,7-8,13-14H,3,6,9-12H2,1-2H3,(H2,19,20,21);1H. The predicted molar refractivity (Wildman–Crippen MR) is 119 cm³/mol. The maximum absolute atomic E-state index is 4.42. The summed E-state index contributed by atoms with van der Waals surface area (Å²) < 4.78 is 4.25. The Hall–Kier alpha value is -2.17.